The number of nitrogens with one attached hydrogen (secondary N) is 2. The molecule has 2 amide bonds. The van der Waals surface area contributed by atoms with Gasteiger partial charge in [-0.3, -0.25) is 9.79 Å². The van der Waals surface area contributed by atoms with Gasteiger partial charge in [0, 0.05) is 30.4 Å². The Bertz CT molecular complexity index is 1520. The van der Waals surface area contributed by atoms with Crippen LogP contribution < -0.4 is 5.32 Å². The molecule has 3 heterocycles. The number of aromatic amines is 1. The number of amides is 2. The molecule has 0 spiro atoms. The van der Waals surface area contributed by atoms with E-state index in [1.165, 1.54) is 23.8 Å². The summed E-state index contributed by atoms with van der Waals surface area (Å²) in [7, 11) is 1.29. The summed E-state index contributed by atoms with van der Waals surface area (Å²) >= 11 is 0. The molecule has 2 aliphatic rings. The fraction of sp³-hybridized carbons (Fsp3) is 0.233. The van der Waals surface area contributed by atoms with Gasteiger partial charge in [0.1, 0.15) is 6.54 Å². The average molecular weight is 493 g/mol. The predicted molar refractivity (Wildman–Crippen MR) is 145 cm³/mol. The molecule has 0 saturated carbocycles. The molecule has 0 radical (unpaired) electrons. The van der Waals surface area contributed by atoms with E-state index >= 15 is 0 Å². The van der Waals surface area contributed by atoms with Gasteiger partial charge in [-0.1, -0.05) is 42.5 Å². The van der Waals surface area contributed by atoms with Crippen LogP contribution in [0.5, 0.6) is 0 Å². The largest absolute Gasteiger partial charge is 0.453 e. The summed E-state index contributed by atoms with van der Waals surface area (Å²) in [5.74, 6) is -0.108. The molecule has 0 unspecified atom stereocenters. The summed E-state index contributed by atoms with van der Waals surface area (Å²) in [5.41, 5.74) is 9.09. The topological polar surface area (TPSA) is 86.8 Å². The van der Waals surface area contributed by atoms with E-state index in [4.69, 9.17) is 0 Å². The highest BCUT2D eigenvalue weighted by atomic mass is 16.5. The number of carbonyl (C=O) groups excluding carboxylic acids is 2. The number of hydrogen-bond acceptors (Lipinski definition) is 4. The second kappa shape index (κ2) is 9.58. The molecule has 6 rings (SSSR count). The van der Waals surface area contributed by atoms with Crippen molar-refractivity contribution in [2.45, 2.75) is 25.3 Å². The maximum absolute atomic E-state index is 12.7. The third-order valence-corrected chi connectivity index (χ3v) is 7.32. The molecule has 7 heteroatoms. The van der Waals surface area contributed by atoms with Gasteiger partial charge >= 0.3 is 6.09 Å². The van der Waals surface area contributed by atoms with Crippen molar-refractivity contribution in [2.24, 2.45) is 4.99 Å². The van der Waals surface area contributed by atoms with Crippen LogP contribution in [0.4, 0.5) is 10.5 Å². The Balaban J connectivity index is 1.21. The average Bonchev–Trinajstić information content (AvgIpc) is 3.69. The summed E-state index contributed by atoms with van der Waals surface area (Å²) in [5, 5.41) is 3.60. The molecule has 2 N–H and O–H groups in total. The minimum Gasteiger partial charge on any atom is -0.453 e. The monoisotopic (exact) mass is 492 g/mol. The molecular formula is C30H28N4O3. The number of nitrogens with zero attached hydrogens (tertiary/aromatic N) is 2. The molecule has 37 heavy (non-hydrogen) atoms. The summed E-state index contributed by atoms with van der Waals surface area (Å²) in [6.07, 6.45) is 4.08. The summed E-state index contributed by atoms with van der Waals surface area (Å²) in [6, 6.07) is 23.6. The van der Waals surface area contributed by atoms with Crippen molar-refractivity contribution in [3.63, 3.8) is 0 Å². The van der Waals surface area contributed by atoms with Crippen LogP contribution in [0.3, 0.4) is 0 Å². The highest BCUT2D eigenvalue weighted by Gasteiger charge is 2.31. The second-order valence-electron chi connectivity index (χ2n) is 9.55. The summed E-state index contributed by atoms with van der Waals surface area (Å²) < 4.78 is 4.58. The predicted octanol–water partition coefficient (Wildman–Crippen LogP) is 5.78. The molecule has 7 nitrogen and oxygen atoms in total. The number of fused-ring (bicyclic) bond motifs is 2. The third kappa shape index (κ3) is 4.48. The Morgan fingerprint density at radius 1 is 1.00 bits per heavy atom. The first-order chi connectivity index (χ1) is 18.1. The van der Waals surface area contributed by atoms with Gasteiger partial charge in [-0.05, 0) is 70.3 Å². The van der Waals surface area contributed by atoms with Gasteiger partial charge in [0.05, 0.1) is 18.8 Å². The molecule has 1 fully saturated rings. The minimum absolute atomic E-state index is 0.0280. The lowest BCUT2D eigenvalue weighted by atomic mass is 9.98. The van der Waals surface area contributed by atoms with Crippen molar-refractivity contribution in [2.75, 3.05) is 20.2 Å². The van der Waals surface area contributed by atoms with Crippen molar-refractivity contribution in [3.05, 3.63) is 78.0 Å². The summed E-state index contributed by atoms with van der Waals surface area (Å²) in [4.78, 5) is 33.9. The van der Waals surface area contributed by atoms with E-state index in [-0.39, 0.29) is 18.5 Å². The van der Waals surface area contributed by atoms with Gasteiger partial charge in [0.15, 0.2) is 0 Å². The van der Waals surface area contributed by atoms with Crippen molar-refractivity contribution >= 4 is 34.8 Å². The van der Waals surface area contributed by atoms with Gasteiger partial charge in [-0.15, -0.1) is 0 Å². The number of alkyl carbamates (subject to hydrolysis) is 1. The van der Waals surface area contributed by atoms with Crippen LogP contribution in [0.15, 0.2) is 71.7 Å². The van der Waals surface area contributed by atoms with Crippen molar-refractivity contribution < 1.29 is 14.3 Å². The number of rotatable bonds is 5. The Hall–Kier alpha value is -4.39. The summed E-state index contributed by atoms with van der Waals surface area (Å²) in [6.45, 7) is 0.610. The highest BCUT2D eigenvalue weighted by Crippen LogP contribution is 2.35. The van der Waals surface area contributed by atoms with Gasteiger partial charge < -0.3 is 19.9 Å². The van der Waals surface area contributed by atoms with E-state index in [9.17, 15) is 9.59 Å². The van der Waals surface area contributed by atoms with Gasteiger partial charge in [-0.2, -0.15) is 0 Å². The van der Waals surface area contributed by atoms with Gasteiger partial charge in [0.2, 0.25) is 5.91 Å². The van der Waals surface area contributed by atoms with E-state index in [0.29, 0.717) is 6.54 Å². The first-order valence-electron chi connectivity index (χ1n) is 12.6. The zero-order chi connectivity index (χ0) is 25.4. The van der Waals surface area contributed by atoms with Crippen molar-refractivity contribution in [1.82, 2.24) is 15.2 Å². The first-order valence-corrected chi connectivity index (χ1v) is 12.6. The maximum atomic E-state index is 12.7. The zero-order valence-corrected chi connectivity index (χ0v) is 20.7. The maximum Gasteiger partial charge on any atom is 0.407 e. The normalized spacial score (nSPS) is 16.2. The molecule has 1 atom stereocenters. The Morgan fingerprint density at radius 2 is 1.73 bits per heavy atom. The SMILES string of the molecule is COC(=O)NCC(=O)N1CCC[C@@H]1c1cc2ccc(-c3ccc(-c4ccc5c(c4)CC=N5)cc3)cc2[nH]1. The Labute approximate surface area is 215 Å². The smallest absolute Gasteiger partial charge is 0.407 e. The standard InChI is InChI=1S/C30H28N4O3/c1-37-30(36)32-18-29(35)34-14-2-3-28(34)27-17-23-9-8-22(16-26(23)33-27)20-6-4-19(5-7-20)21-10-11-25-24(15-21)12-13-31-25/h4-11,13,15-17,28,33H,2-3,12,14,18H2,1H3,(H,32,36)/t28-/m1/s1. The lowest BCUT2D eigenvalue weighted by Gasteiger charge is -2.24. The molecule has 0 bridgehead atoms. The fourth-order valence-electron chi connectivity index (χ4n) is 5.37. The molecule has 1 aromatic heterocycles. The molecule has 0 aliphatic carbocycles. The van der Waals surface area contributed by atoms with Crippen LogP contribution in [-0.4, -0.2) is 48.3 Å². The molecule has 186 valence electrons. The number of benzene rings is 3. The molecule has 1 saturated heterocycles. The van der Waals surface area contributed by atoms with Crippen LogP contribution in [0.1, 0.15) is 30.1 Å². The van der Waals surface area contributed by atoms with E-state index in [1.54, 1.807) is 0 Å². The van der Waals surface area contributed by atoms with Gasteiger partial charge in [-0.25, -0.2) is 4.79 Å². The number of carbonyl (C=O) groups is 2. The van der Waals surface area contributed by atoms with Crippen LogP contribution in [-0.2, 0) is 16.0 Å². The number of methoxy groups -OCH3 is 1. The zero-order valence-electron chi connectivity index (χ0n) is 20.7. The molecule has 3 aromatic carbocycles. The molecule has 2 aliphatic heterocycles. The van der Waals surface area contributed by atoms with Gasteiger partial charge in [0.25, 0.3) is 0 Å². The van der Waals surface area contributed by atoms with E-state index < -0.39 is 6.09 Å². The van der Waals surface area contributed by atoms with Crippen molar-refractivity contribution in [3.8, 4) is 22.3 Å². The third-order valence-electron chi connectivity index (χ3n) is 7.32. The fourth-order valence-corrected chi connectivity index (χ4v) is 5.37. The number of aromatic nitrogens is 1. The molecule has 4 aromatic rings. The quantitative estimate of drug-likeness (QED) is 0.370. The first kappa shape index (κ1) is 23.0. The Morgan fingerprint density at radius 3 is 2.51 bits per heavy atom. The molecular weight excluding hydrogens is 464 g/mol. The number of ether oxygens (including phenoxy) is 1. The van der Waals surface area contributed by atoms with Crippen LogP contribution in [0.25, 0.3) is 33.2 Å². The van der Waals surface area contributed by atoms with E-state index in [1.807, 2.05) is 11.1 Å². The van der Waals surface area contributed by atoms with Crippen LogP contribution in [0, 0.1) is 0 Å². The van der Waals surface area contributed by atoms with Crippen LogP contribution >= 0.6 is 0 Å². The minimum atomic E-state index is -0.600. The second-order valence-corrected chi connectivity index (χ2v) is 9.55. The number of hydrogen-bond donors (Lipinski definition) is 2. The lowest BCUT2D eigenvalue weighted by molar-refractivity contribution is -0.131. The van der Waals surface area contributed by atoms with E-state index in [2.05, 4.69) is 86.8 Å². The number of aliphatic imine (C=N–C) groups is 1. The lowest BCUT2D eigenvalue weighted by Crippen LogP contribution is -2.39. The highest BCUT2D eigenvalue weighted by molar-refractivity contribution is 5.87. The van der Waals surface area contributed by atoms with Crippen LogP contribution in [0.2, 0.25) is 0 Å². The Kier molecular flexibility index (Phi) is 5.96. The number of H-pyrrole nitrogens is 1. The number of likely N-dealkylation sites (tertiary alicyclic amines) is 1. The van der Waals surface area contributed by atoms with Crippen molar-refractivity contribution in [1.29, 1.82) is 0 Å². The van der Waals surface area contributed by atoms with E-state index in [0.717, 1.165) is 52.7 Å².